The first kappa shape index (κ1) is 11.3. The van der Waals surface area contributed by atoms with Gasteiger partial charge in [-0.05, 0) is 18.2 Å². The van der Waals surface area contributed by atoms with Gasteiger partial charge in [-0.1, -0.05) is 0 Å². The molecule has 2 rings (SSSR count). The highest BCUT2D eigenvalue weighted by molar-refractivity contribution is 5.69. The molecule has 0 radical (unpaired) electrons. The van der Waals surface area contributed by atoms with Gasteiger partial charge in [-0.25, -0.2) is 13.8 Å². The van der Waals surface area contributed by atoms with Crippen molar-refractivity contribution < 1.29 is 23.1 Å². The highest BCUT2D eigenvalue weighted by Crippen LogP contribution is 2.21. The molecular weight excluding hydrogens is 232 g/mol. The number of carboxylic acid groups (broad SMARTS) is 1. The number of nitrogens with zero attached hydrogens (tertiary/aromatic N) is 1. The number of hydrogen-bond donors (Lipinski definition) is 1. The molecule has 0 amide bonds. The van der Waals surface area contributed by atoms with Gasteiger partial charge in [-0.3, -0.25) is 4.79 Å². The Morgan fingerprint density at radius 1 is 1.35 bits per heavy atom. The van der Waals surface area contributed by atoms with Gasteiger partial charge in [0.1, 0.15) is 12.2 Å². The van der Waals surface area contributed by atoms with Crippen molar-refractivity contribution in [1.29, 1.82) is 0 Å². The summed E-state index contributed by atoms with van der Waals surface area (Å²) < 4.78 is 30.7. The average molecular weight is 239 g/mol. The van der Waals surface area contributed by atoms with Crippen LogP contribution in [-0.4, -0.2) is 16.1 Å². The molecule has 17 heavy (non-hydrogen) atoms. The molecule has 0 aliphatic heterocycles. The minimum atomic E-state index is -1.06. The molecule has 0 atom stereocenters. The molecule has 88 valence electrons. The Morgan fingerprint density at radius 3 is 2.76 bits per heavy atom. The minimum absolute atomic E-state index is 0.0557. The highest BCUT2D eigenvalue weighted by Gasteiger charge is 2.11. The molecule has 1 aromatic carbocycles. The first-order valence-corrected chi connectivity index (χ1v) is 4.68. The fraction of sp³-hybridized carbons (Fsp3) is 0.0909. The van der Waals surface area contributed by atoms with E-state index in [-0.39, 0.29) is 23.6 Å². The van der Waals surface area contributed by atoms with Crippen molar-refractivity contribution in [2.45, 2.75) is 6.42 Å². The Kier molecular flexibility index (Phi) is 2.86. The quantitative estimate of drug-likeness (QED) is 0.892. The molecule has 0 aliphatic carbocycles. The van der Waals surface area contributed by atoms with E-state index in [1.807, 2.05) is 0 Å². The summed E-state index contributed by atoms with van der Waals surface area (Å²) >= 11 is 0. The van der Waals surface area contributed by atoms with E-state index in [1.165, 1.54) is 12.3 Å². The van der Waals surface area contributed by atoms with Crippen molar-refractivity contribution in [2.75, 3.05) is 0 Å². The Hall–Kier alpha value is -2.24. The van der Waals surface area contributed by atoms with Crippen LogP contribution >= 0.6 is 0 Å². The van der Waals surface area contributed by atoms with Crippen molar-refractivity contribution >= 4 is 5.97 Å². The van der Waals surface area contributed by atoms with E-state index in [0.717, 1.165) is 12.1 Å². The number of carboxylic acids is 1. The van der Waals surface area contributed by atoms with Gasteiger partial charge in [0.25, 0.3) is 0 Å². The number of carbonyl (C=O) groups is 1. The van der Waals surface area contributed by atoms with Gasteiger partial charge in [0, 0.05) is 5.56 Å². The third kappa shape index (κ3) is 2.47. The monoisotopic (exact) mass is 239 g/mol. The Morgan fingerprint density at radius 2 is 2.12 bits per heavy atom. The van der Waals surface area contributed by atoms with Crippen LogP contribution in [0.2, 0.25) is 0 Å². The molecular formula is C11H7F2NO3. The number of hydrogen-bond acceptors (Lipinski definition) is 3. The number of benzene rings is 1. The van der Waals surface area contributed by atoms with Gasteiger partial charge in [0.15, 0.2) is 11.6 Å². The fourth-order valence-electron chi connectivity index (χ4n) is 1.30. The Labute approximate surface area is 94.5 Å². The second-order valence-electron chi connectivity index (χ2n) is 3.33. The lowest BCUT2D eigenvalue weighted by atomic mass is 10.2. The van der Waals surface area contributed by atoms with Gasteiger partial charge in [0.2, 0.25) is 5.89 Å². The number of rotatable bonds is 3. The molecule has 4 nitrogen and oxygen atoms in total. The Balaban J connectivity index is 2.30. The maximum Gasteiger partial charge on any atom is 0.311 e. The molecule has 0 saturated carbocycles. The molecule has 0 spiro atoms. The van der Waals surface area contributed by atoms with Gasteiger partial charge in [-0.2, -0.15) is 0 Å². The number of oxazole rings is 1. The fourth-order valence-corrected chi connectivity index (χ4v) is 1.30. The van der Waals surface area contributed by atoms with Crippen LogP contribution in [0, 0.1) is 11.6 Å². The van der Waals surface area contributed by atoms with Crippen LogP contribution in [-0.2, 0) is 11.2 Å². The summed E-state index contributed by atoms with van der Waals surface area (Å²) in [6.45, 7) is 0. The third-order valence-electron chi connectivity index (χ3n) is 2.05. The molecule has 0 unspecified atom stereocenters. The van der Waals surface area contributed by atoms with Crippen molar-refractivity contribution in [3.05, 3.63) is 41.8 Å². The third-order valence-corrected chi connectivity index (χ3v) is 2.05. The van der Waals surface area contributed by atoms with Crippen molar-refractivity contribution in [3.8, 4) is 11.5 Å². The van der Waals surface area contributed by atoms with Crippen LogP contribution in [0.15, 0.2) is 28.8 Å². The number of aromatic nitrogens is 1. The van der Waals surface area contributed by atoms with Gasteiger partial charge in [0.05, 0.1) is 6.20 Å². The lowest BCUT2D eigenvalue weighted by molar-refractivity contribution is -0.136. The second-order valence-corrected chi connectivity index (χ2v) is 3.33. The topological polar surface area (TPSA) is 63.3 Å². The summed E-state index contributed by atoms with van der Waals surface area (Å²) in [7, 11) is 0. The van der Waals surface area contributed by atoms with E-state index >= 15 is 0 Å². The van der Waals surface area contributed by atoms with Crippen LogP contribution < -0.4 is 0 Å². The SMILES string of the molecule is O=C(O)Cc1cnc(-c2ccc(F)c(F)c2)o1. The van der Waals surface area contributed by atoms with E-state index in [4.69, 9.17) is 9.52 Å². The van der Waals surface area contributed by atoms with E-state index in [9.17, 15) is 13.6 Å². The van der Waals surface area contributed by atoms with E-state index in [1.54, 1.807) is 0 Å². The molecule has 0 fully saturated rings. The van der Waals surface area contributed by atoms with Crippen molar-refractivity contribution in [2.24, 2.45) is 0 Å². The maximum atomic E-state index is 12.9. The molecule has 2 aromatic rings. The Bertz CT molecular complexity index is 566. The van der Waals surface area contributed by atoms with Crippen LogP contribution in [0.25, 0.3) is 11.5 Å². The zero-order valence-corrected chi connectivity index (χ0v) is 8.48. The predicted molar refractivity (Wildman–Crippen MR) is 53.2 cm³/mol. The summed E-state index contributed by atoms with van der Waals surface area (Å²) in [5, 5.41) is 8.53. The summed E-state index contributed by atoms with van der Waals surface area (Å²) in [5.41, 5.74) is 0.250. The first-order valence-electron chi connectivity index (χ1n) is 4.68. The zero-order chi connectivity index (χ0) is 12.4. The van der Waals surface area contributed by atoms with Crippen molar-refractivity contribution in [1.82, 2.24) is 4.98 Å². The maximum absolute atomic E-state index is 12.9. The van der Waals surface area contributed by atoms with Crippen LogP contribution in [0.3, 0.4) is 0 Å². The molecule has 0 saturated heterocycles. The lowest BCUT2D eigenvalue weighted by Crippen LogP contribution is -1.97. The lowest BCUT2D eigenvalue weighted by Gasteiger charge is -1.96. The predicted octanol–water partition coefficient (Wildman–Crippen LogP) is 2.25. The molecule has 0 aliphatic rings. The van der Waals surface area contributed by atoms with Crippen LogP contribution in [0.4, 0.5) is 8.78 Å². The average Bonchev–Trinajstić information content (AvgIpc) is 2.69. The van der Waals surface area contributed by atoms with Gasteiger partial charge >= 0.3 is 5.97 Å². The summed E-state index contributed by atoms with van der Waals surface area (Å²) in [6, 6.07) is 3.19. The molecule has 0 bridgehead atoms. The van der Waals surface area contributed by atoms with Gasteiger partial charge in [-0.15, -0.1) is 0 Å². The van der Waals surface area contributed by atoms with E-state index in [0.29, 0.717) is 0 Å². The number of halogens is 2. The molecule has 1 heterocycles. The van der Waals surface area contributed by atoms with Crippen molar-refractivity contribution in [3.63, 3.8) is 0 Å². The largest absolute Gasteiger partial charge is 0.481 e. The van der Waals surface area contributed by atoms with Crippen LogP contribution in [0.1, 0.15) is 5.76 Å². The summed E-state index contributed by atoms with van der Waals surface area (Å²) in [5.74, 6) is -2.83. The zero-order valence-electron chi connectivity index (χ0n) is 8.48. The van der Waals surface area contributed by atoms with Gasteiger partial charge < -0.3 is 9.52 Å². The standard InChI is InChI=1S/C11H7F2NO3/c12-8-2-1-6(3-9(8)13)11-14-5-7(17-11)4-10(15)16/h1-3,5H,4H2,(H,15,16). The molecule has 1 N–H and O–H groups in total. The van der Waals surface area contributed by atoms with E-state index < -0.39 is 17.6 Å². The second kappa shape index (κ2) is 4.32. The normalized spacial score (nSPS) is 10.5. The number of aliphatic carboxylic acids is 1. The van der Waals surface area contributed by atoms with E-state index in [2.05, 4.69) is 4.98 Å². The smallest absolute Gasteiger partial charge is 0.311 e. The van der Waals surface area contributed by atoms with Crippen LogP contribution in [0.5, 0.6) is 0 Å². The summed E-state index contributed by atoms with van der Waals surface area (Å²) in [4.78, 5) is 14.2. The molecule has 6 heteroatoms. The summed E-state index contributed by atoms with van der Waals surface area (Å²) in [6.07, 6.45) is 0.932. The molecule has 1 aromatic heterocycles. The highest BCUT2D eigenvalue weighted by atomic mass is 19.2. The first-order chi connectivity index (χ1) is 8.06. The minimum Gasteiger partial charge on any atom is -0.481 e.